The lowest BCUT2D eigenvalue weighted by Gasteiger charge is -2.27. The molecule has 1 atom stereocenters. The number of carbonyl (C=O) groups excluding carboxylic acids is 3. The molecule has 3 amide bonds. The highest BCUT2D eigenvalue weighted by Gasteiger charge is 2.28. The molecule has 0 bridgehead atoms. The molecular formula is C22H27N3O3. The molecule has 2 aromatic rings. The van der Waals surface area contributed by atoms with Gasteiger partial charge in [-0.1, -0.05) is 50.2 Å². The van der Waals surface area contributed by atoms with Gasteiger partial charge in [-0.15, -0.1) is 0 Å². The van der Waals surface area contributed by atoms with E-state index in [0.717, 1.165) is 5.56 Å². The Bertz CT molecular complexity index is 834. The fourth-order valence-corrected chi connectivity index (χ4v) is 2.81. The van der Waals surface area contributed by atoms with Crippen LogP contribution < -0.4 is 10.6 Å². The van der Waals surface area contributed by atoms with E-state index in [2.05, 4.69) is 10.6 Å². The van der Waals surface area contributed by atoms with Crippen molar-refractivity contribution in [1.82, 2.24) is 10.2 Å². The first-order valence-electron chi connectivity index (χ1n) is 9.26. The van der Waals surface area contributed by atoms with Crippen LogP contribution in [0, 0.1) is 12.8 Å². The van der Waals surface area contributed by atoms with Gasteiger partial charge in [0.25, 0.3) is 5.91 Å². The molecule has 0 fully saturated rings. The predicted octanol–water partition coefficient (Wildman–Crippen LogP) is 2.85. The number of benzene rings is 2. The number of hydrogen-bond acceptors (Lipinski definition) is 3. The SMILES string of the molecule is Cc1ccccc1C(=O)NC(C(=O)N(C)CC(=O)Nc1ccccc1)C(C)C. The highest BCUT2D eigenvalue weighted by atomic mass is 16.2. The average molecular weight is 381 g/mol. The third-order valence-corrected chi connectivity index (χ3v) is 4.42. The summed E-state index contributed by atoms with van der Waals surface area (Å²) in [6, 6.07) is 15.5. The molecule has 2 aromatic carbocycles. The van der Waals surface area contributed by atoms with Crippen LogP contribution in [0.25, 0.3) is 0 Å². The summed E-state index contributed by atoms with van der Waals surface area (Å²) in [7, 11) is 1.56. The van der Waals surface area contributed by atoms with Crippen molar-refractivity contribution in [3.05, 3.63) is 65.7 Å². The van der Waals surface area contributed by atoms with Gasteiger partial charge in [-0.25, -0.2) is 0 Å². The molecule has 0 aliphatic carbocycles. The molecule has 6 nitrogen and oxygen atoms in total. The molecule has 28 heavy (non-hydrogen) atoms. The summed E-state index contributed by atoms with van der Waals surface area (Å²) in [5.74, 6) is -1.03. The Kier molecular flexibility index (Phi) is 7.32. The minimum absolute atomic E-state index is 0.100. The molecular weight excluding hydrogens is 354 g/mol. The van der Waals surface area contributed by atoms with Crippen molar-refractivity contribution in [1.29, 1.82) is 0 Å². The molecule has 0 saturated carbocycles. The van der Waals surface area contributed by atoms with E-state index < -0.39 is 6.04 Å². The van der Waals surface area contributed by atoms with E-state index in [1.807, 2.05) is 51.1 Å². The monoisotopic (exact) mass is 381 g/mol. The number of aryl methyl sites for hydroxylation is 1. The number of amides is 3. The summed E-state index contributed by atoms with van der Waals surface area (Å²) in [6.07, 6.45) is 0. The van der Waals surface area contributed by atoms with Gasteiger partial charge in [0, 0.05) is 18.3 Å². The third-order valence-electron chi connectivity index (χ3n) is 4.42. The highest BCUT2D eigenvalue weighted by molar-refractivity contribution is 6.00. The number of rotatable bonds is 7. The lowest BCUT2D eigenvalue weighted by Crippen LogP contribution is -2.51. The second-order valence-electron chi connectivity index (χ2n) is 7.12. The van der Waals surface area contributed by atoms with E-state index >= 15 is 0 Å². The predicted molar refractivity (Wildman–Crippen MR) is 110 cm³/mol. The number of hydrogen-bond donors (Lipinski definition) is 2. The van der Waals surface area contributed by atoms with Crippen molar-refractivity contribution in [2.45, 2.75) is 26.8 Å². The number of para-hydroxylation sites is 1. The molecule has 2 rings (SSSR count). The van der Waals surface area contributed by atoms with Gasteiger partial charge in [-0.3, -0.25) is 14.4 Å². The number of anilines is 1. The van der Waals surface area contributed by atoms with Crippen molar-refractivity contribution in [2.24, 2.45) is 5.92 Å². The van der Waals surface area contributed by atoms with Gasteiger partial charge in [-0.2, -0.15) is 0 Å². The maximum atomic E-state index is 12.9. The normalized spacial score (nSPS) is 11.6. The fraction of sp³-hybridized carbons (Fsp3) is 0.318. The van der Waals surface area contributed by atoms with Crippen LogP contribution in [0.1, 0.15) is 29.8 Å². The Morgan fingerprint density at radius 1 is 0.964 bits per heavy atom. The van der Waals surface area contributed by atoms with Crippen LogP contribution in [-0.2, 0) is 9.59 Å². The molecule has 0 aromatic heterocycles. The molecule has 6 heteroatoms. The summed E-state index contributed by atoms with van der Waals surface area (Å²) in [4.78, 5) is 39.0. The van der Waals surface area contributed by atoms with E-state index in [1.54, 1.807) is 31.3 Å². The molecule has 1 unspecified atom stereocenters. The zero-order valence-corrected chi connectivity index (χ0v) is 16.7. The quantitative estimate of drug-likeness (QED) is 0.774. The van der Waals surface area contributed by atoms with Gasteiger partial charge in [0.2, 0.25) is 11.8 Å². The zero-order valence-electron chi connectivity index (χ0n) is 16.7. The van der Waals surface area contributed by atoms with Crippen molar-refractivity contribution < 1.29 is 14.4 Å². The van der Waals surface area contributed by atoms with Crippen LogP contribution in [0.15, 0.2) is 54.6 Å². The van der Waals surface area contributed by atoms with E-state index in [-0.39, 0.29) is 30.2 Å². The lowest BCUT2D eigenvalue weighted by molar-refractivity contribution is -0.135. The second-order valence-corrected chi connectivity index (χ2v) is 7.12. The Labute approximate surface area is 165 Å². The summed E-state index contributed by atoms with van der Waals surface area (Å²) >= 11 is 0. The molecule has 148 valence electrons. The average Bonchev–Trinajstić information content (AvgIpc) is 2.66. The Balaban J connectivity index is 2.02. The minimum atomic E-state index is -0.721. The number of nitrogens with one attached hydrogen (secondary N) is 2. The van der Waals surface area contributed by atoms with Gasteiger partial charge in [-0.05, 0) is 36.6 Å². The first-order valence-corrected chi connectivity index (χ1v) is 9.26. The van der Waals surface area contributed by atoms with E-state index in [0.29, 0.717) is 11.3 Å². The summed E-state index contributed by atoms with van der Waals surface area (Å²) in [5, 5.41) is 5.57. The maximum Gasteiger partial charge on any atom is 0.252 e. The van der Waals surface area contributed by atoms with Crippen LogP contribution in [0.2, 0.25) is 0 Å². The van der Waals surface area contributed by atoms with Gasteiger partial charge in [0.1, 0.15) is 6.04 Å². The van der Waals surface area contributed by atoms with E-state index in [1.165, 1.54) is 4.90 Å². The van der Waals surface area contributed by atoms with Gasteiger partial charge < -0.3 is 15.5 Å². The zero-order chi connectivity index (χ0) is 20.7. The summed E-state index contributed by atoms with van der Waals surface area (Å²) in [5.41, 5.74) is 2.04. The Morgan fingerprint density at radius 2 is 1.57 bits per heavy atom. The largest absolute Gasteiger partial charge is 0.340 e. The summed E-state index contributed by atoms with van der Waals surface area (Å²) < 4.78 is 0. The minimum Gasteiger partial charge on any atom is -0.340 e. The van der Waals surface area contributed by atoms with E-state index in [4.69, 9.17) is 0 Å². The molecule has 0 heterocycles. The first-order chi connectivity index (χ1) is 13.3. The Hall–Kier alpha value is -3.15. The Morgan fingerprint density at radius 3 is 2.18 bits per heavy atom. The molecule has 0 radical (unpaired) electrons. The molecule has 0 spiro atoms. The smallest absolute Gasteiger partial charge is 0.252 e. The second kappa shape index (κ2) is 9.69. The third kappa shape index (κ3) is 5.67. The highest BCUT2D eigenvalue weighted by Crippen LogP contribution is 2.11. The van der Waals surface area contributed by atoms with Crippen LogP contribution >= 0.6 is 0 Å². The first kappa shape index (κ1) is 21.2. The topological polar surface area (TPSA) is 78.5 Å². The van der Waals surface area contributed by atoms with Crippen LogP contribution in [-0.4, -0.2) is 42.3 Å². The number of carbonyl (C=O) groups is 3. The van der Waals surface area contributed by atoms with Gasteiger partial charge in [0.15, 0.2) is 0 Å². The fourth-order valence-electron chi connectivity index (χ4n) is 2.81. The van der Waals surface area contributed by atoms with Crippen molar-refractivity contribution >= 4 is 23.4 Å². The van der Waals surface area contributed by atoms with Crippen molar-refractivity contribution in [2.75, 3.05) is 18.9 Å². The summed E-state index contributed by atoms with van der Waals surface area (Å²) in [6.45, 7) is 5.47. The van der Waals surface area contributed by atoms with Crippen molar-refractivity contribution in [3.8, 4) is 0 Å². The molecule has 2 N–H and O–H groups in total. The number of likely N-dealkylation sites (N-methyl/N-ethyl adjacent to an activating group) is 1. The molecule has 0 aliphatic rings. The van der Waals surface area contributed by atoms with Crippen molar-refractivity contribution in [3.63, 3.8) is 0 Å². The number of nitrogens with zero attached hydrogens (tertiary/aromatic N) is 1. The van der Waals surface area contributed by atoms with E-state index in [9.17, 15) is 14.4 Å². The molecule has 0 saturated heterocycles. The van der Waals surface area contributed by atoms with Gasteiger partial charge >= 0.3 is 0 Å². The lowest BCUT2D eigenvalue weighted by atomic mass is 10.0. The standard InChI is InChI=1S/C22H27N3O3/c1-15(2)20(24-21(27)18-13-9-8-10-16(18)3)22(28)25(4)14-19(26)23-17-11-6-5-7-12-17/h5-13,15,20H,14H2,1-4H3,(H,23,26)(H,24,27). The van der Waals surface area contributed by atoms with Gasteiger partial charge in [0.05, 0.1) is 6.54 Å². The van der Waals surface area contributed by atoms with Crippen LogP contribution in [0.3, 0.4) is 0 Å². The maximum absolute atomic E-state index is 12.9. The molecule has 0 aliphatic heterocycles. The van der Waals surface area contributed by atoms with Crippen LogP contribution in [0.5, 0.6) is 0 Å². The van der Waals surface area contributed by atoms with Crippen LogP contribution in [0.4, 0.5) is 5.69 Å².